The lowest BCUT2D eigenvalue weighted by Crippen LogP contribution is -2.13. The minimum atomic E-state index is -0.309. The third-order valence-corrected chi connectivity index (χ3v) is 3.78. The third kappa shape index (κ3) is 3.34. The number of amides is 1. The predicted molar refractivity (Wildman–Crippen MR) is 99.0 cm³/mol. The van der Waals surface area contributed by atoms with Crippen LogP contribution in [-0.4, -0.2) is 25.7 Å². The summed E-state index contributed by atoms with van der Waals surface area (Å²) in [6.07, 6.45) is 4.92. The zero-order valence-corrected chi connectivity index (χ0v) is 13.8. The Morgan fingerprint density at radius 2 is 1.50 bits per heavy atom. The average molecular weight is 341 g/mol. The molecule has 1 N–H and O–H groups in total. The van der Waals surface area contributed by atoms with Crippen LogP contribution in [0.1, 0.15) is 10.5 Å². The van der Waals surface area contributed by atoms with Crippen LogP contribution in [0.3, 0.4) is 0 Å². The van der Waals surface area contributed by atoms with E-state index in [1.807, 2.05) is 60.7 Å². The maximum absolute atomic E-state index is 12.4. The summed E-state index contributed by atoms with van der Waals surface area (Å²) < 4.78 is 1.66. The number of para-hydroxylation sites is 1. The Hall–Kier alpha value is -3.80. The highest BCUT2D eigenvalue weighted by atomic mass is 16.1. The highest BCUT2D eigenvalue weighted by molar-refractivity contribution is 6.02. The monoisotopic (exact) mass is 341 g/mol. The molecule has 0 fully saturated rings. The summed E-state index contributed by atoms with van der Waals surface area (Å²) in [5, 5.41) is 7.07. The molecule has 6 nitrogen and oxygen atoms in total. The lowest BCUT2D eigenvalue weighted by Gasteiger charge is -2.04. The summed E-state index contributed by atoms with van der Waals surface area (Å²) in [7, 11) is 0. The van der Waals surface area contributed by atoms with E-state index in [1.165, 1.54) is 0 Å². The Labute approximate surface area is 150 Å². The first-order valence-corrected chi connectivity index (χ1v) is 8.09. The van der Waals surface area contributed by atoms with Gasteiger partial charge in [-0.3, -0.25) is 4.79 Å². The first-order chi connectivity index (χ1) is 12.8. The average Bonchev–Trinajstić information content (AvgIpc) is 3.20. The van der Waals surface area contributed by atoms with Gasteiger partial charge in [-0.2, -0.15) is 5.10 Å². The quantitative estimate of drug-likeness (QED) is 0.616. The summed E-state index contributed by atoms with van der Waals surface area (Å²) in [4.78, 5) is 21.0. The van der Waals surface area contributed by atoms with Crippen LogP contribution in [0.4, 0.5) is 5.69 Å². The van der Waals surface area contributed by atoms with E-state index in [-0.39, 0.29) is 5.91 Å². The van der Waals surface area contributed by atoms with Gasteiger partial charge < -0.3 is 5.32 Å². The van der Waals surface area contributed by atoms with Gasteiger partial charge in [-0.05, 0) is 18.2 Å². The molecule has 0 spiro atoms. The summed E-state index contributed by atoms with van der Waals surface area (Å²) in [6, 6.07) is 20.9. The van der Waals surface area contributed by atoms with Crippen LogP contribution in [0, 0.1) is 0 Å². The molecule has 2 heterocycles. The van der Waals surface area contributed by atoms with Gasteiger partial charge in [0.15, 0.2) is 11.5 Å². The molecule has 0 saturated carbocycles. The van der Waals surface area contributed by atoms with Crippen molar-refractivity contribution >= 4 is 11.6 Å². The number of rotatable bonds is 4. The van der Waals surface area contributed by atoms with Crippen LogP contribution < -0.4 is 5.32 Å². The van der Waals surface area contributed by atoms with Crippen LogP contribution in [0.2, 0.25) is 0 Å². The number of anilines is 1. The van der Waals surface area contributed by atoms with Gasteiger partial charge in [0.05, 0.1) is 23.8 Å². The number of hydrogen-bond acceptors (Lipinski definition) is 4. The zero-order chi connectivity index (χ0) is 17.8. The molecular weight excluding hydrogens is 326 g/mol. The second kappa shape index (κ2) is 6.98. The van der Waals surface area contributed by atoms with Crippen molar-refractivity contribution in [1.29, 1.82) is 0 Å². The van der Waals surface area contributed by atoms with E-state index in [1.54, 1.807) is 29.3 Å². The standard InChI is InChI=1S/C20H15N5O/c26-20(18-11-12-25(24-18)17-9-5-2-6-10-17)23-16-13-21-19(22-14-16)15-7-3-1-4-8-15/h1-14H,(H,23,26). The summed E-state index contributed by atoms with van der Waals surface area (Å²) in [6.45, 7) is 0. The lowest BCUT2D eigenvalue weighted by atomic mass is 10.2. The molecule has 26 heavy (non-hydrogen) atoms. The number of aromatic nitrogens is 4. The van der Waals surface area contributed by atoms with Crippen molar-refractivity contribution < 1.29 is 4.79 Å². The first kappa shape index (κ1) is 15.7. The summed E-state index contributed by atoms with van der Waals surface area (Å²) in [5.74, 6) is 0.299. The van der Waals surface area contributed by atoms with Gasteiger partial charge in [-0.15, -0.1) is 0 Å². The van der Waals surface area contributed by atoms with E-state index < -0.39 is 0 Å². The Balaban J connectivity index is 1.48. The molecule has 126 valence electrons. The molecule has 0 aliphatic heterocycles. The number of nitrogens with zero attached hydrogens (tertiary/aromatic N) is 4. The molecule has 0 radical (unpaired) electrons. The number of hydrogen-bond donors (Lipinski definition) is 1. The van der Waals surface area contributed by atoms with Crippen molar-refractivity contribution in [2.75, 3.05) is 5.32 Å². The van der Waals surface area contributed by atoms with Crippen LogP contribution >= 0.6 is 0 Å². The van der Waals surface area contributed by atoms with Gasteiger partial charge in [0.1, 0.15) is 0 Å². The zero-order valence-electron chi connectivity index (χ0n) is 13.8. The van der Waals surface area contributed by atoms with E-state index in [0.717, 1.165) is 11.3 Å². The number of carbonyl (C=O) groups is 1. The molecule has 2 aromatic heterocycles. The Morgan fingerprint density at radius 3 is 2.19 bits per heavy atom. The van der Waals surface area contributed by atoms with Gasteiger partial charge in [0.25, 0.3) is 5.91 Å². The van der Waals surface area contributed by atoms with Crippen LogP contribution in [0.5, 0.6) is 0 Å². The lowest BCUT2D eigenvalue weighted by molar-refractivity contribution is 0.102. The minimum absolute atomic E-state index is 0.309. The first-order valence-electron chi connectivity index (χ1n) is 8.09. The van der Waals surface area contributed by atoms with E-state index >= 15 is 0 Å². The molecule has 0 atom stereocenters. The van der Waals surface area contributed by atoms with Crippen molar-refractivity contribution in [3.8, 4) is 17.1 Å². The molecule has 2 aromatic carbocycles. The fraction of sp³-hybridized carbons (Fsp3) is 0. The van der Waals surface area contributed by atoms with Gasteiger partial charge in [-0.1, -0.05) is 48.5 Å². The molecule has 0 aliphatic rings. The van der Waals surface area contributed by atoms with E-state index in [2.05, 4.69) is 20.4 Å². The highest BCUT2D eigenvalue weighted by Gasteiger charge is 2.11. The van der Waals surface area contributed by atoms with Gasteiger partial charge in [0.2, 0.25) is 0 Å². The number of nitrogens with one attached hydrogen (secondary N) is 1. The fourth-order valence-corrected chi connectivity index (χ4v) is 2.49. The largest absolute Gasteiger partial charge is 0.318 e. The number of carbonyl (C=O) groups excluding carboxylic acids is 1. The van der Waals surface area contributed by atoms with Crippen LogP contribution in [0.25, 0.3) is 17.1 Å². The Bertz CT molecular complexity index is 1010. The molecule has 6 heteroatoms. The maximum atomic E-state index is 12.4. The van der Waals surface area contributed by atoms with E-state index in [9.17, 15) is 4.79 Å². The highest BCUT2D eigenvalue weighted by Crippen LogP contribution is 2.15. The second-order valence-electron chi connectivity index (χ2n) is 5.60. The van der Waals surface area contributed by atoms with Crippen molar-refractivity contribution in [3.63, 3.8) is 0 Å². The second-order valence-corrected chi connectivity index (χ2v) is 5.60. The maximum Gasteiger partial charge on any atom is 0.276 e. The topological polar surface area (TPSA) is 72.7 Å². The molecule has 0 aliphatic carbocycles. The molecule has 1 amide bonds. The van der Waals surface area contributed by atoms with Crippen LogP contribution in [0.15, 0.2) is 85.3 Å². The fourth-order valence-electron chi connectivity index (χ4n) is 2.49. The minimum Gasteiger partial charge on any atom is -0.318 e. The molecule has 0 bridgehead atoms. The predicted octanol–water partition coefficient (Wildman–Crippen LogP) is 3.58. The number of benzene rings is 2. The van der Waals surface area contributed by atoms with E-state index in [4.69, 9.17) is 0 Å². The Kier molecular flexibility index (Phi) is 4.22. The third-order valence-electron chi connectivity index (χ3n) is 3.78. The van der Waals surface area contributed by atoms with Gasteiger partial charge in [0, 0.05) is 11.8 Å². The molecule has 0 saturated heterocycles. The SMILES string of the molecule is O=C(Nc1cnc(-c2ccccc2)nc1)c1ccn(-c2ccccc2)n1. The Morgan fingerprint density at radius 1 is 0.846 bits per heavy atom. The summed E-state index contributed by atoms with van der Waals surface area (Å²) >= 11 is 0. The van der Waals surface area contributed by atoms with Gasteiger partial charge in [-0.25, -0.2) is 14.6 Å². The normalized spacial score (nSPS) is 10.5. The molecule has 4 aromatic rings. The smallest absolute Gasteiger partial charge is 0.276 e. The van der Waals surface area contributed by atoms with Crippen molar-refractivity contribution in [3.05, 3.63) is 91.0 Å². The van der Waals surface area contributed by atoms with Gasteiger partial charge >= 0.3 is 0 Å². The molecule has 0 unspecified atom stereocenters. The summed E-state index contributed by atoms with van der Waals surface area (Å²) in [5.41, 5.74) is 2.65. The van der Waals surface area contributed by atoms with Crippen molar-refractivity contribution in [1.82, 2.24) is 19.7 Å². The molecular formula is C20H15N5O. The van der Waals surface area contributed by atoms with Crippen LogP contribution in [-0.2, 0) is 0 Å². The van der Waals surface area contributed by atoms with E-state index in [0.29, 0.717) is 17.2 Å². The van der Waals surface area contributed by atoms with Crippen molar-refractivity contribution in [2.24, 2.45) is 0 Å². The molecule has 4 rings (SSSR count). The van der Waals surface area contributed by atoms with Crippen molar-refractivity contribution in [2.45, 2.75) is 0 Å².